The van der Waals surface area contributed by atoms with Crippen LogP contribution in [-0.2, 0) is 19.0 Å². The van der Waals surface area contributed by atoms with Crippen molar-refractivity contribution in [3.63, 3.8) is 0 Å². The van der Waals surface area contributed by atoms with E-state index in [4.69, 9.17) is 14.2 Å². The molecule has 4 aliphatic rings. The van der Waals surface area contributed by atoms with Gasteiger partial charge in [0.2, 0.25) is 0 Å². The summed E-state index contributed by atoms with van der Waals surface area (Å²) in [4.78, 5) is 12.7. The van der Waals surface area contributed by atoms with Gasteiger partial charge in [-0.15, -0.1) is 0 Å². The Hall–Kier alpha value is -0.825. The predicted molar refractivity (Wildman–Crippen MR) is 84.0 cm³/mol. The first kappa shape index (κ1) is 19.9. The van der Waals surface area contributed by atoms with Crippen LogP contribution in [-0.4, -0.2) is 51.7 Å². The zero-order chi connectivity index (χ0) is 19.2. The second-order valence-corrected chi connectivity index (χ2v) is 8.19. The Labute approximate surface area is 151 Å². The number of alkyl halides is 4. The summed E-state index contributed by atoms with van der Waals surface area (Å²) >= 11 is 0. The molecule has 0 amide bonds. The highest BCUT2D eigenvalue weighted by molar-refractivity contribution is 6.13. The van der Waals surface area contributed by atoms with Crippen molar-refractivity contribution in [2.75, 3.05) is 20.5 Å². The Morgan fingerprint density at radius 1 is 1.15 bits per heavy atom. The highest BCUT2D eigenvalue weighted by Gasteiger charge is 2.62. The molecule has 4 aliphatic carbocycles. The summed E-state index contributed by atoms with van der Waals surface area (Å²) in [5, 5.41) is 0. The van der Waals surface area contributed by atoms with Crippen LogP contribution in [0.25, 0.3) is 0 Å². The summed E-state index contributed by atoms with van der Waals surface area (Å²) < 4.78 is 67.7. The molecule has 0 aromatic carbocycles. The van der Waals surface area contributed by atoms with Crippen molar-refractivity contribution >= 4 is 13.8 Å². The molecule has 9 heteroatoms. The van der Waals surface area contributed by atoms with Crippen LogP contribution < -0.4 is 0 Å². The molecule has 0 N–H and O–H groups in total. The molecule has 0 heterocycles. The first-order valence-corrected chi connectivity index (χ1v) is 8.86. The van der Waals surface area contributed by atoms with E-state index in [2.05, 4.69) is 7.85 Å². The van der Waals surface area contributed by atoms with Crippen LogP contribution in [0.15, 0.2) is 0 Å². The van der Waals surface area contributed by atoms with E-state index in [9.17, 15) is 22.4 Å². The standard InChI is InChI=1S/C17H23BF4O4/c1-24-10-26-15-7-11-4-12(8-15)6-14(5-11,9-15)13(23)25-3-2-16(19,20)17(18,21)22/h11-12H,2-10H2,1H3. The molecular weight excluding hydrogens is 355 g/mol. The SMILES string of the molecule is [B]C(F)(F)C(F)(F)CCOC(=O)C12CC3CC(CC(OCOC)(C3)C1)C2. The quantitative estimate of drug-likeness (QED) is 0.282. The minimum Gasteiger partial charge on any atom is -0.465 e. The molecule has 0 aromatic heterocycles. The first-order valence-electron chi connectivity index (χ1n) is 8.86. The molecule has 2 atom stereocenters. The third-order valence-corrected chi connectivity index (χ3v) is 6.06. The van der Waals surface area contributed by atoms with Crippen LogP contribution in [0.2, 0.25) is 0 Å². The number of hydrogen-bond acceptors (Lipinski definition) is 4. The molecule has 0 aromatic rings. The summed E-state index contributed by atoms with van der Waals surface area (Å²) in [6, 6.07) is 0. The molecule has 0 spiro atoms. The summed E-state index contributed by atoms with van der Waals surface area (Å²) in [7, 11) is 5.71. The molecule has 4 fully saturated rings. The van der Waals surface area contributed by atoms with Crippen LogP contribution in [0.3, 0.4) is 0 Å². The lowest BCUT2D eigenvalue weighted by atomic mass is 9.48. The van der Waals surface area contributed by atoms with Gasteiger partial charge in [0.15, 0.2) is 7.85 Å². The molecule has 0 saturated heterocycles. The summed E-state index contributed by atoms with van der Waals surface area (Å²) in [5.74, 6) is -9.02. The van der Waals surface area contributed by atoms with Crippen LogP contribution in [0.4, 0.5) is 17.6 Å². The maximum Gasteiger partial charge on any atom is 0.312 e. The van der Waals surface area contributed by atoms with Gasteiger partial charge in [0, 0.05) is 7.11 Å². The molecule has 2 radical (unpaired) electrons. The number of carbonyl (C=O) groups excluding carboxylic acids is 1. The average Bonchev–Trinajstić information content (AvgIpc) is 2.50. The molecule has 2 unspecified atom stereocenters. The van der Waals surface area contributed by atoms with Crippen molar-refractivity contribution in [3.05, 3.63) is 0 Å². The van der Waals surface area contributed by atoms with E-state index in [1.807, 2.05) is 0 Å². The van der Waals surface area contributed by atoms with Crippen LogP contribution in [0, 0.1) is 17.3 Å². The Morgan fingerprint density at radius 3 is 2.31 bits per heavy atom. The third-order valence-electron chi connectivity index (χ3n) is 6.06. The molecule has 146 valence electrons. The lowest BCUT2D eigenvalue weighted by molar-refractivity contribution is -0.232. The fourth-order valence-corrected chi connectivity index (χ4v) is 5.36. The van der Waals surface area contributed by atoms with Crippen LogP contribution in [0.5, 0.6) is 0 Å². The smallest absolute Gasteiger partial charge is 0.312 e. The van der Waals surface area contributed by atoms with Crippen molar-refractivity contribution in [2.24, 2.45) is 17.3 Å². The van der Waals surface area contributed by atoms with Gasteiger partial charge in [-0.2, -0.15) is 0 Å². The number of rotatable bonds is 8. The maximum atomic E-state index is 13.2. The minimum absolute atomic E-state index is 0.127. The van der Waals surface area contributed by atoms with E-state index in [0.717, 1.165) is 19.3 Å². The zero-order valence-electron chi connectivity index (χ0n) is 14.7. The average molecular weight is 378 g/mol. The monoisotopic (exact) mass is 378 g/mol. The lowest BCUT2D eigenvalue weighted by Gasteiger charge is -2.60. The van der Waals surface area contributed by atoms with Gasteiger partial charge in [-0.3, -0.25) is 4.79 Å². The molecule has 4 bridgehead atoms. The van der Waals surface area contributed by atoms with Gasteiger partial charge in [-0.1, -0.05) is 0 Å². The highest BCUT2D eigenvalue weighted by Crippen LogP contribution is 2.63. The third kappa shape index (κ3) is 3.61. The zero-order valence-corrected chi connectivity index (χ0v) is 14.7. The Balaban J connectivity index is 1.64. The van der Waals surface area contributed by atoms with Gasteiger partial charge in [0.25, 0.3) is 5.82 Å². The summed E-state index contributed by atoms with van der Waals surface area (Å²) in [5.41, 5.74) is -1.23. The van der Waals surface area contributed by atoms with Gasteiger partial charge in [-0.05, 0) is 50.4 Å². The normalized spacial score (nSPS) is 36.3. The number of esters is 1. The topological polar surface area (TPSA) is 44.8 Å². The molecule has 0 aliphatic heterocycles. The number of methoxy groups -OCH3 is 1. The Morgan fingerprint density at radius 2 is 1.77 bits per heavy atom. The number of ether oxygens (including phenoxy) is 3. The molecule has 4 nitrogen and oxygen atoms in total. The fraction of sp³-hybridized carbons (Fsp3) is 0.941. The van der Waals surface area contributed by atoms with E-state index in [-0.39, 0.29) is 6.79 Å². The molecular formula is C17H23BF4O4. The van der Waals surface area contributed by atoms with Crippen molar-refractivity contribution in [1.82, 2.24) is 0 Å². The molecule has 4 saturated carbocycles. The summed E-state index contributed by atoms with van der Waals surface area (Å²) in [6.45, 7) is -0.663. The van der Waals surface area contributed by atoms with Crippen molar-refractivity contribution in [3.8, 4) is 0 Å². The number of halogens is 4. The van der Waals surface area contributed by atoms with Gasteiger partial charge >= 0.3 is 11.9 Å². The predicted octanol–water partition coefficient (Wildman–Crippen LogP) is 3.28. The molecule has 26 heavy (non-hydrogen) atoms. The second-order valence-electron chi connectivity index (χ2n) is 8.19. The largest absolute Gasteiger partial charge is 0.465 e. The number of carbonyl (C=O) groups is 1. The van der Waals surface area contributed by atoms with E-state index < -0.39 is 41.8 Å². The van der Waals surface area contributed by atoms with E-state index in [0.29, 0.717) is 31.1 Å². The van der Waals surface area contributed by atoms with Crippen molar-refractivity contribution in [2.45, 2.75) is 62.3 Å². The Bertz CT molecular complexity index is 537. The maximum absolute atomic E-state index is 13.2. The molecule has 4 rings (SSSR count). The van der Waals surface area contributed by atoms with Crippen molar-refractivity contribution < 1.29 is 36.6 Å². The minimum atomic E-state index is -4.64. The van der Waals surface area contributed by atoms with E-state index in [1.54, 1.807) is 0 Å². The van der Waals surface area contributed by atoms with Crippen molar-refractivity contribution in [1.29, 1.82) is 0 Å². The lowest BCUT2D eigenvalue weighted by Crippen LogP contribution is -2.59. The van der Waals surface area contributed by atoms with E-state index in [1.165, 1.54) is 7.11 Å². The van der Waals surface area contributed by atoms with Gasteiger partial charge in [-0.25, -0.2) is 17.6 Å². The van der Waals surface area contributed by atoms with Gasteiger partial charge in [0.05, 0.1) is 24.0 Å². The van der Waals surface area contributed by atoms with E-state index >= 15 is 0 Å². The van der Waals surface area contributed by atoms with Crippen LogP contribution >= 0.6 is 0 Å². The van der Waals surface area contributed by atoms with Gasteiger partial charge < -0.3 is 14.2 Å². The second kappa shape index (κ2) is 6.65. The number of hydrogen-bond donors (Lipinski definition) is 0. The van der Waals surface area contributed by atoms with Gasteiger partial charge in [0.1, 0.15) is 6.79 Å². The summed E-state index contributed by atoms with van der Waals surface area (Å²) in [6.07, 6.45) is 3.12. The first-order chi connectivity index (χ1) is 12.0. The fourth-order valence-electron chi connectivity index (χ4n) is 5.36. The highest BCUT2D eigenvalue weighted by atomic mass is 19.3. The van der Waals surface area contributed by atoms with Crippen LogP contribution in [0.1, 0.15) is 44.9 Å². The Kier molecular flexibility index (Phi) is 5.10.